The molecule has 0 spiro atoms. The fourth-order valence-corrected chi connectivity index (χ4v) is 1.61. The first-order valence-electron chi connectivity index (χ1n) is 4.26. The highest BCUT2D eigenvalue weighted by Gasteiger charge is 2.09. The third-order valence-corrected chi connectivity index (χ3v) is 2.86. The van der Waals surface area contributed by atoms with Gasteiger partial charge < -0.3 is 5.73 Å². The van der Waals surface area contributed by atoms with Crippen molar-refractivity contribution in [3.8, 4) is 5.69 Å². The molecule has 0 aliphatic carbocycles. The summed E-state index contributed by atoms with van der Waals surface area (Å²) in [5.41, 5.74) is 7.84. The van der Waals surface area contributed by atoms with E-state index in [0.29, 0.717) is 5.82 Å². The summed E-state index contributed by atoms with van der Waals surface area (Å²) in [6, 6.07) is 9.81. The molecule has 0 amide bonds. The van der Waals surface area contributed by atoms with E-state index in [4.69, 9.17) is 5.73 Å². The first-order valence-corrected chi connectivity index (χ1v) is 5.05. The lowest BCUT2D eigenvalue weighted by Crippen LogP contribution is -2.01. The van der Waals surface area contributed by atoms with Crippen molar-refractivity contribution in [3.63, 3.8) is 0 Å². The van der Waals surface area contributed by atoms with Crippen molar-refractivity contribution in [3.05, 3.63) is 40.5 Å². The minimum Gasteiger partial charge on any atom is -0.383 e. The second-order valence-electron chi connectivity index (χ2n) is 3.05. The monoisotopic (exact) mass is 251 g/mol. The Balaban J connectivity index is 2.58. The summed E-state index contributed by atoms with van der Waals surface area (Å²) in [4.78, 5) is 0. The van der Waals surface area contributed by atoms with Gasteiger partial charge in [-0.15, -0.1) is 0 Å². The van der Waals surface area contributed by atoms with Crippen LogP contribution in [0.3, 0.4) is 0 Å². The number of halogens is 1. The minimum atomic E-state index is 0.670. The zero-order chi connectivity index (χ0) is 10.1. The Labute approximate surface area is 90.7 Å². The number of nitrogen functional groups attached to an aromatic ring is 1. The zero-order valence-corrected chi connectivity index (χ0v) is 9.32. The van der Waals surface area contributed by atoms with Gasteiger partial charge in [-0.3, -0.25) is 0 Å². The molecule has 4 heteroatoms. The van der Waals surface area contributed by atoms with E-state index in [1.54, 1.807) is 4.68 Å². The van der Waals surface area contributed by atoms with Crippen molar-refractivity contribution < 1.29 is 0 Å². The SMILES string of the molecule is Cc1c(Br)nn(-c2ccccc2)c1N. The molecule has 14 heavy (non-hydrogen) atoms. The molecule has 0 unspecified atom stereocenters. The zero-order valence-electron chi connectivity index (χ0n) is 7.74. The van der Waals surface area contributed by atoms with Crippen LogP contribution in [0.4, 0.5) is 5.82 Å². The molecular formula is C10H10BrN3. The molecule has 1 aromatic heterocycles. The van der Waals surface area contributed by atoms with Crippen molar-refractivity contribution in [2.24, 2.45) is 0 Å². The minimum absolute atomic E-state index is 0.670. The van der Waals surface area contributed by atoms with E-state index in [2.05, 4.69) is 21.0 Å². The lowest BCUT2D eigenvalue weighted by atomic mass is 10.3. The molecule has 0 fully saturated rings. The van der Waals surface area contributed by atoms with Crippen molar-refractivity contribution in [2.45, 2.75) is 6.92 Å². The van der Waals surface area contributed by atoms with E-state index < -0.39 is 0 Å². The van der Waals surface area contributed by atoms with Crippen LogP contribution < -0.4 is 5.73 Å². The second-order valence-corrected chi connectivity index (χ2v) is 3.80. The fraction of sp³-hybridized carbons (Fsp3) is 0.100. The summed E-state index contributed by atoms with van der Waals surface area (Å²) in [5.74, 6) is 0.670. The Morgan fingerprint density at radius 2 is 1.93 bits per heavy atom. The molecule has 2 aromatic rings. The van der Waals surface area contributed by atoms with Gasteiger partial charge in [-0.1, -0.05) is 18.2 Å². The van der Waals surface area contributed by atoms with Crippen LogP contribution >= 0.6 is 15.9 Å². The molecule has 1 heterocycles. The van der Waals surface area contributed by atoms with Crippen LogP contribution in [0, 0.1) is 6.92 Å². The van der Waals surface area contributed by atoms with Crippen LogP contribution in [0.1, 0.15) is 5.56 Å². The predicted octanol–water partition coefficient (Wildman–Crippen LogP) is 2.53. The summed E-state index contributed by atoms with van der Waals surface area (Å²) in [7, 11) is 0. The molecule has 0 saturated carbocycles. The maximum Gasteiger partial charge on any atom is 0.133 e. The highest BCUT2D eigenvalue weighted by Crippen LogP contribution is 2.23. The van der Waals surface area contributed by atoms with Crippen molar-refractivity contribution in [1.82, 2.24) is 9.78 Å². The quantitative estimate of drug-likeness (QED) is 0.847. The molecule has 1 aromatic carbocycles. The molecule has 0 radical (unpaired) electrons. The van der Waals surface area contributed by atoms with Gasteiger partial charge in [-0.05, 0) is 35.0 Å². The van der Waals surface area contributed by atoms with E-state index >= 15 is 0 Å². The van der Waals surface area contributed by atoms with Gasteiger partial charge in [0.15, 0.2) is 0 Å². The van der Waals surface area contributed by atoms with Crippen LogP contribution in [-0.2, 0) is 0 Å². The van der Waals surface area contributed by atoms with Crippen LogP contribution in [0.5, 0.6) is 0 Å². The third kappa shape index (κ3) is 1.42. The first-order chi connectivity index (χ1) is 6.70. The Bertz CT molecular complexity index is 448. The summed E-state index contributed by atoms with van der Waals surface area (Å²) in [5, 5.41) is 4.29. The Morgan fingerprint density at radius 1 is 1.29 bits per heavy atom. The average Bonchev–Trinajstić information content (AvgIpc) is 2.47. The number of aromatic nitrogens is 2. The maximum atomic E-state index is 5.91. The number of para-hydroxylation sites is 1. The maximum absolute atomic E-state index is 5.91. The summed E-state index contributed by atoms with van der Waals surface area (Å²) in [6.45, 7) is 1.94. The summed E-state index contributed by atoms with van der Waals surface area (Å²) >= 11 is 3.35. The largest absolute Gasteiger partial charge is 0.383 e. The lowest BCUT2D eigenvalue weighted by molar-refractivity contribution is 0.880. The highest BCUT2D eigenvalue weighted by molar-refractivity contribution is 9.10. The molecule has 2 rings (SSSR count). The average molecular weight is 252 g/mol. The highest BCUT2D eigenvalue weighted by atomic mass is 79.9. The second kappa shape index (κ2) is 3.46. The predicted molar refractivity (Wildman–Crippen MR) is 60.4 cm³/mol. The topological polar surface area (TPSA) is 43.8 Å². The molecular weight excluding hydrogens is 242 g/mol. The van der Waals surface area contributed by atoms with Crippen LogP contribution in [-0.4, -0.2) is 9.78 Å². The molecule has 0 bridgehead atoms. The molecule has 72 valence electrons. The number of hydrogen-bond acceptors (Lipinski definition) is 2. The number of nitrogens with two attached hydrogens (primary N) is 1. The third-order valence-electron chi connectivity index (χ3n) is 2.11. The number of benzene rings is 1. The normalized spacial score (nSPS) is 10.4. The number of anilines is 1. The van der Waals surface area contributed by atoms with Crippen molar-refractivity contribution in [2.75, 3.05) is 5.73 Å². The number of nitrogens with zero attached hydrogens (tertiary/aromatic N) is 2. The van der Waals surface area contributed by atoms with E-state index in [0.717, 1.165) is 15.9 Å². The van der Waals surface area contributed by atoms with Gasteiger partial charge in [-0.2, -0.15) is 5.10 Å². The molecule has 0 aliphatic heterocycles. The van der Waals surface area contributed by atoms with E-state index in [9.17, 15) is 0 Å². The lowest BCUT2D eigenvalue weighted by Gasteiger charge is -2.02. The van der Waals surface area contributed by atoms with Crippen molar-refractivity contribution >= 4 is 21.7 Å². The van der Waals surface area contributed by atoms with Crippen LogP contribution in [0.2, 0.25) is 0 Å². The number of rotatable bonds is 1. The van der Waals surface area contributed by atoms with E-state index in [1.165, 1.54) is 0 Å². The Kier molecular flexibility index (Phi) is 2.29. The Hall–Kier alpha value is -1.29. The fourth-order valence-electron chi connectivity index (χ4n) is 1.25. The molecule has 3 nitrogen and oxygen atoms in total. The van der Waals surface area contributed by atoms with Gasteiger partial charge in [0.2, 0.25) is 0 Å². The summed E-state index contributed by atoms with van der Waals surface area (Å²) < 4.78 is 2.51. The first kappa shape index (κ1) is 9.27. The van der Waals surface area contributed by atoms with Gasteiger partial charge in [0.25, 0.3) is 0 Å². The number of hydrogen-bond donors (Lipinski definition) is 1. The standard InChI is InChI=1S/C10H10BrN3/c1-7-9(11)13-14(10(7)12)8-5-3-2-4-6-8/h2-6H,12H2,1H3. The van der Waals surface area contributed by atoms with Crippen LogP contribution in [0.25, 0.3) is 5.69 Å². The van der Waals surface area contributed by atoms with Gasteiger partial charge in [0.05, 0.1) is 5.69 Å². The smallest absolute Gasteiger partial charge is 0.133 e. The van der Waals surface area contributed by atoms with E-state index in [-0.39, 0.29) is 0 Å². The molecule has 0 saturated heterocycles. The molecule has 0 aliphatic rings. The van der Waals surface area contributed by atoms with Gasteiger partial charge in [-0.25, -0.2) is 4.68 Å². The van der Waals surface area contributed by atoms with Gasteiger partial charge in [0.1, 0.15) is 10.4 Å². The van der Waals surface area contributed by atoms with Crippen LogP contribution in [0.15, 0.2) is 34.9 Å². The van der Waals surface area contributed by atoms with Gasteiger partial charge >= 0.3 is 0 Å². The summed E-state index contributed by atoms with van der Waals surface area (Å²) in [6.07, 6.45) is 0. The van der Waals surface area contributed by atoms with E-state index in [1.807, 2.05) is 37.3 Å². The van der Waals surface area contributed by atoms with Crippen molar-refractivity contribution in [1.29, 1.82) is 0 Å². The molecule has 2 N–H and O–H groups in total. The molecule has 0 atom stereocenters. The van der Waals surface area contributed by atoms with Gasteiger partial charge in [0, 0.05) is 5.56 Å². The Morgan fingerprint density at radius 3 is 2.43 bits per heavy atom.